The molecule has 0 fully saturated rings. The third-order valence-electron chi connectivity index (χ3n) is 1.51. The lowest BCUT2D eigenvalue weighted by atomic mass is 10.1. The van der Waals surface area contributed by atoms with Gasteiger partial charge in [-0.05, 0) is 30.7 Å². The Labute approximate surface area is 77.2 Å². The van der Waals surface area contributed by atoms with E-state index < -0.39 is 0 Å². The van der Waals surface area contributed by atoms with Crippen LogP contribution >= 0.6 is 0 Å². The molecule has 1 aromatic rings. The quantitative estimate of drug-likeness (QED) is 0.651. The number of hydrogen-bond donors (Lipinski definition) is 1. The van der Waals surface area contributed by atoms with Gasteiger partial charge in [0.2, 0.25) is 0 Å². The Hall–Kier alpha value is -1.33. The van der Waals surface area contributed by atoms with Crippen molar-refractivity contribution in [2.24, 2.45) is 0 Å². The van der Waals surface area contributed by atoms with E-state index in [4.69, 9.17) is 5.11 Å². The average Bonchev–Trinajstić information content (AvgIpc) is 2.03. The Balaban J connectivity index is 2.85. The Bertz CT molecular complexity index is 327. The van der Waals surface area contributed by atoms with Crippen LogP contribution in [0.3, 0.4) is 0 Å². The summed E-state index contributed by atoms with van der Waals surface area (Å²) in [7, 11) is 0. The summed E-state index contributed by atoms with van der Waals surface area (Å²) >= 11 is 0. The van der Waals surface area contributed by atoms with Crippen LogP contribution in [0, 0.1) is 24.6 Å². The second kappa shape index (κ2) is 4.64. The third kappa shape index (κ3) is 3.27. The number of benzene rings is 1. The van der Waals surface area contributed by atoms with E-state index in [0.29, 0.717) is 12.0 Å². The molecule has 0 aliphatic rings. The van der Waals surface area contributed by atoms with Crippen molar-refractivity contribution in [2.45, 2.75) is 13.3 Å². The fourth-order valence-corrected chi connectivity index (χ4v) is 1.03. The molecule has 1 rings (SSSR count). The van der Waals surface area contributed by atoms with Crippen LogP contribution in [-0.2, 0) is 0 Å². The smallest absolute Gasteiger partial charge is 0.124 e. The van der Waals surface area contributed by atoms with E-state index in [2.05, 4.69) is 11.8 Å². The van der Waals surface area contributed by atoms with Crippen molar-refractivity contribution < 1.29 is 9.50 Å². The van der Waals surface area contributed by atoms with Gasteiger partial charge in [0.1, 0.15) is 5.82 Å². The van der Waals surface area contributed by atoms with Crippen LogP contribution in [0.5, 0.6) is 0 Å². The van der Waals surface area contributed by atoms with Gasteiger partial charge in [-0.25, -0.2) is 4.39 Å². The number of aryl methyl sites for hydroxylation is 1. The normalized spacial score (nSPS) is 9.15. The minimum atomic E-state index is -0.270. The molecule has 0 radical (unpaired) electrons. The SMILES string of the molecule is Cc1cc(F)cc(C#CCCO)c1. The van der Waals surface area contributed by atoms with Gasteiger partial charge in [0.05, 0.1) is 6.61 Å². The van der Waals surface area contributed by atoms with Gasteiger partial charge < -0.3 is 5.11 Å². The summed E-state index contributed by atoms with van der Waals surface area (Å²) in [5.74, 6) is 5.25. The maximum Gasteiger partial charge on any atom is 0.124 e. The van der Waals surface area contributed by atoms with E-state index in [1.165, 1.54) is 12.1 Å². The van der Waals surface area contributed by atoms with Gasteiger partial charge in [0.25, 0.3) is 0 Å². The summed E-state index contributed by atoms with van der Waals surface area (Å²) < 4.78 is 12.8. The van der Waals surface area contributed by atoms with E-state index in [-0.39, 0.29) is 12.4 Å². The zero-order valence-corrected chi connectivity index (χ0v) is 7.47. The third-order valence-corrected chi connectivity index (χ3v) is 1.51. The fourth-order valence-electron chi connectivity index (χ4n) is 1.03. The van der Waals surface area contributed by atoms with Crippen molar-refractivity contribution >= 4 is 0 Å². The predicted molar refractivity (Wildman–Crippen MR) is 49.7 cm³/mol. The van der Waals surface area contributed by atoms with Gasteiger partial charge in [-0.3, -0.25) is 0 Å². The van der Waals surface area contributed by atoms with Gasteiger partial charge in [-0.2, -0.15) is 0 Å². The summed E-state index contributed by atoms with van der Waals surface area (Å²) in [6.45, 7) is 1.86. The number of aliphatic hydroxyl groups excluding tert-OH is 1. The zero-order valence-electron chi connectivity index (χ0n) is 7.47. The average molecular weight is 178 g/mol. The maximum absolute atomic E-state index is 12.8. The summed E-state index contributed by atoms with van der Waals surface area (Å²) in [4.78, 5) is 0. The minimum absolute atomic E-state index is 0.0430. The molecule has 0 bridgehead atoms. The molecule has 0 heterocycles. The van der Waals surface area contributed by atoms with E-state index in [0.717, 1.165) is 5.56 Å². The van der Waals surface area contributed by atoms with Crippen LogP contribution in [0.15, 0.2) is 18.2 Å². The number of rotatable bonds is 1. The Morgan fingerprint density at radius 1 is 1.38 bits per heavy atom. The standard InChI is InChI=1S/C11H11FO/c1-9-6-10(4-2-3-5-13)8-11(12)7-9/h6-8,13H,3,5H2,1H3. The van der Waals surface area contributed by atoms with Crippen LogP contribution < -0.4 is 0 Å². The Morgan fingerprint density at radius 3 is 2.77 bits per heavy atom. The molecule has 0 saturated carbocycles. The van der Waals surface area contributed by atoms with Crippen LogP contribution in [0.25, 0.3) is 0 Å². The molecule has 0 unspecified atom stereocenters. The molecule has 1 N–H and O–H groups in total. The van der Waals surface area contributed by atoms with Crippen molar-refractivity contribution in [1.82, 2.24) is 0 Å². The lowest BCUT2D eigenvalue weighted by molar-refractivity contribution is 0.305. The van der Waals surface area contributed by atoms with Crippen LogP contribution in [0.1, 0.15) is 17.5 Å². The first-order valence-corrected chi connectivity index (χ1v) is 4.09. The Kier molecular flexibility index (Phi) is 3.48. The maximum atomic E-state index is 12.8. The highest BCUT2D eigenvalue weighted by molar-refractivity contribution is 5.37. The Morgan fingerprint density at radius 2 is 2.15 bits per heavy atom. The first-order chi connectivity index (χ1) is 6.22. The molecule has 0 aliphatic carbocycles. The van der Waals surface area contributed by atoms with Crippen molar-refractivity contribution in [3.63, 3.8) is 0 Å². The summed E-state index contributed by atoms with van der Waals surface area (Å²) in [6.07, 6.45) is 0.426. The predicted octanol–water partition coefficient (Wildman–Crippen LogP) is 1.87. The van der Waals surface area contributed by atoms with Gasteiger partial charge in [0.15, 0.2) is 0 Å². The highest BCUT2D eigenvalue weighted by Gasteiger charge is 1.93. The van der Waals surface area contributed by atoms with E-state index >= 15 is 0 Å². The topological polar surface area (TPSA) is 20.2 Å². The van der Waals surface area contributed by atoms with E-state index in [9.17, 15) is 4.39 Å². The number of aliphatic hydroxyl groups is 1. The van der Waals surface area contributed by atoms with Crippen LogP contribution in [0.4, 0.5) is 4.39 Å². The van der Waals surface area contributed by atoms with Gasteiger partial charge in [0, 0.05) is 12.0 Å². The molecule has 0 atom stereocenters. The largest absolute Gasteiger partial charge is 0.395 e. The lowest BCUT2D eigenvalue weighted by Gasteiger charge is -1.94. The number of halogens is 1. The first-order valence-electron chi connectivity index (χ1n) is 4.09. The fraction of sp³-hybridized carbons (Fsp3) is 0.273. The van der Waals surface area contributed by atoms with Crippen LogP contribution in [0.2, 0.25) is 0 Å². The molecule has 0 aliphatic heterocycles. The van der Waals surface area contributed by atoms with Crippen molar-refractivity contribution in [3.05, 3.63) is 35.1 Å². The molecular formula is C11H11FO. The van der Waals surface area contributed by atoms with Gasteiger partial charge >= 0.3 is 0 Å². The lowest BCUT2D eigenvalue weighted by Crippen LogP contribution is -1.82. The molecule has 0 spiro atoms. The minimum Gasteiger partial charge on any atom is -0.395 e. The van der Waals surface area contributed by atoms with Gasteiger partial charge in [-0.1, -0.05) is 11.8 Å². The molecule has 0 amide bonds. The monoisotopic (exact) mass is 178 g/mol. The second-order valence-corrected chi connectivity index (χ2v) is 2.79. The van der Waals surface area contributed by atoms with Crippen molar-refractivity contribution in [1.29, 1.82) is 0 Å². The summed E-state index contributed by atoms with van der Waals surface area (Å²) in [5.41, 5.74) is 1.51. The molecule has 1 aromatic carbocycles. The molecule has 2 heteroatoms. The summed E-state index contributed by atoms with van der Waals surface area (Å²) in [6, 6.07) is 4.65. The molecular weight excluding hydrogens is 167 g/mol. The molecule has 13 heavy (non-hydrogen) atoms. The molecule has 0 saturated heterocycles. The van der Waals surface area contributed by atoms with E-state index in [1.807, 2.05) is 13.0 Å². The highest BCUT2D eigenvalue weighted by atomic mass is 19.1. The molecule has 68 valence electrons. The summed E-state index contributed by atoms with van der Waals surface area (Å²) in [5, 5.41) is 8.48. The van der Waals surface area contributed by atoms with Crippen molar-refractivity contribution in [3.8, 4) is 11.8 Å². The highest BCUT2D eigenvalue weighted by Crippen LogP contribution is 2.06. The molecule has 0 aromatic heterocycles. The van der Waals surface area contributed by atoms with E-state index in [1.54, 1.807) is 0 Å². The van der Waals surface area contributed by atoms with Crippen LogP contribution in [-0.4, -0.2) is 11.7 Å². The first kappa shape index (κ1) is 9.76. The number of hydrogen-bond acceptors (Lipinski definition) is 1. The van der Waals surface area contributed by atoms with Gasteiger partial charge in [-0.15, -0.1) is 0 Å². The molecule has 1 nitrogen and oxygen atoms in total. The second-order valence-electron chi connectivity index (χ2n) is 2.79. The van der Waals surface area contributed by atoms with Crippen molar-refractivity contribution in [2.75, 3.05) is 6.61 Å². The zero-order chi connectivity index (χ0) is 9.68.